The topological polar surface area (TPSA) is 76.8 Å². The van der Waals surface area contributed by atoms with Crippen LogP contribution in [0, 0.1) is 0 Å². The average Bonchev–Trinajstić information content (AvgIpc) is 3.08. The first-order valence-electron chi connectivity index (χ1n) is 8.34. The summed E-state index contributed by atoms with van der Waals surface area (Å²) in [6, 6.07) is 1.57. The van der Waals surface area contributed by atoms with E-state index in [1.54, 1.807) is 13.2 Å². The fraction of sp³-hybridized carbons (Fsp3) is 0.588. The standard InChI is InChI=1S/C17H24ClN3O3/c1-3-21-6-4-13(14(9-21)23-2)20-17(22)11-8-12(18)15(19)10-5-7-24-16(10)11/h8,13-14H,3-7,9,19H2,1-2H3,(H,20,22)/t13-,14+/m1/s1. The van der Waals surface area contributed by atoms with E-state index in [-0.39, 0.29) is 18.1 Å². The number of likely N-dealkylation sites (N-methyl/N-ethyl adjacent to an activating group) is 1. The highest BCUT2D eigenvalue weighted by molar-refractivity contribution is 6.33. The lowest BCUT2D eigenvalue weighted by atomic mass is 10.00. The molecule has 0 unspecified atom stereocenters. The second-order valence-corrected chi connectivity index (χ2v) is 6.67. The molecule has 2 heterocycles. The number of rotatable bonds is 4. The number of halogens is 1. The minimum Gasteiger partial charge on any atom is -0.492 e. The predicted molar refractivity (Wildman–Crippen MR) is 93.8 cm³/mol. The van der Waals surface area contributed by atoms with Crippen LogP contribution >= 0.6 is 11.6 Å². The first-order valence-corrected chi connectivity index (χ1v) is 8.72. The zero-order valence-corrected chi connectivity index (χ0v) is 14.9. The molecule has 0 radical (unpaired) electrons. The smallest absolute Gasteiger partial charge is 0.255 e. The number of carbonyl (C=O) groups is 1. The number of hydrogen-bond donors (Lipinski definition) is 2. The van der Waals surface area contributed by atoms with Crippen LogP contribution in [0.1, 0.15) is 29.3 Å². The van der Waals surface area contributed by atoms with Crippen molar-refractivity contribution in [3.05, 3.63) is 22.2 Å². The first-order chi connectivity index (χ1) is 11.5. The number of anilines is 1. The van der Waals surface area contributed by atoms with Crippen LogP contribution in [-0.2, 0) is 11.2 Å². The Morgan fingerprint density at radius 3 is 3.08 bits per heavy atom. The molecule has 2 aliphatic rings. The molecule has 2 atom stereocenters. The van der Waals surface area contributed by atoms with Crippen molar-refractivity contribution >= 4 is 23.2 Å². The number of nitrogen functional groups attached to an aromatic ring is 1. The minimum atomic E-state index is -0.188. The number of likely N-dealkylation sites (tertiary alicyclic amines) is 1. The molecule has 3 N–H and O–H groups in total. The molecule has 1 fully saturated rings. The summed E-state index contributed by atoms with van der Waals surface area (Å²) in [6.45, 7) is 5.39. The molecule has 1 aromatic carbocycles. The van der Waals surface area contributed by atoms with Gasteiger partial charge >= 0.3 is 0 Å². The normalized spacial score (nSPS) is 23.6. The van der Waals surface area contributed by atoms with Gasteiger partial charge in [-0.05, 0) is 19.0 Å². The highest BCUT2D eigenvalue weighted by atomic mass is 35.5. The maximum Gasteiger partial charge on any atom is 0.255 e. The lowest BCUT2D eigenvalue weighted by Gasteiger charge is -2.37. The van der Waals surface area contributed by atoms with Crippen molar-refractivity contribution in [2.24, 2.45) is 0 Å². The third-order valence-corrected chi connectivity index (χ3v) is 5.24. The highest BCUT2D eigenvalue weighted by Crippen LogP contribution is 2.38. The van der Waals surface area contributed by atoms with Crippen molar-refractivity contribution in [3.8, 4) is 5.75 Å². The lowest BCUT2D eigenvalue weighted by Crippen LogP contribution is -2.54. The summed E-state index contributed by atoms with van der Waals surface area (Å²) >= 11 is 6.19. The molecule has 1 amide bonds. The third kappa shape index (κ3) is 3.18. The SMILES string of the molecule is CCN1CC[C@@H](NC(=O)c2cc(Cl)c(N)c3c2OCC3)[C@@H](OC)C1. The van der Waals surface area contributed by atoms with Crippen molar-refractivity contribution < 1.29 is 14.3 Å². The van der Waals surface area contributed by atoms with Crippen molar-refractivity contribution in [2.75, 3.05) is 39.1 Å². The second kappa shape index (κ2) is 7.17. The van der Waals surface area contributed by atoms with E-state index >= 15 is 0 Å². The first kappa shape index (κ1) is 17.3. The van der Waals surface area contributed by atoms with Crippen LogP contribution in [0.2, 0.25) is 5.02 Å². The molecule has 1 aromatic rings. The van der Waals surface area contributed by atoms with Crippen LogP contribution in [0.15, 0.2) is 6.07 Å². The van der Waals surface area contributed by atoms with Gasteiger partial charge < -0.3 is 25.4 Å². The number of nitrogens with two attached hydrogens (primary N) is 1. The molecule has 2 aliphatic heterocycles. The molecule has 24 heavy (non-hydrogen) atoms. The van der Waals surface area contributed by atoms with E-state index in [4.69, 9.17) is 26.8 Å². The molecule has 1 saturated heterocycles. The lowest BCUT2D eigenvalue weighted by molar-refractivity contribution is 0.00801. The number of carbonyl (C=O) groups excluding carboxylic acids is 1. The van der Waals surface area contributed by atoms with Gasteiger partial charge in [0.25, 0.3) is 5.91 Å². The Hall–Kier alpha value is -1.50. The summed E-state index contributed by atoms with van der Waals surface area (Å²) in [4.78, 5) is 15.1. The van der Waals surface area contributed by atoms with E-state index in [9.17, 15) is 4.79 Å². The summed E-state index contributed by atoms with van der Waals surface area (Å²) in [5.74, 6) is 0.376. The number of hydrogen-bond acceptors (Lipinski definition) is 5. The summed E-state index contributed by atoms with van der Waals surface area (Å²) in [5.41, 5.74) is 7.78. The predicted octanol–water partition coefficient (Wildman–Crippen LogP) is 1.70. The van der Waals surface area contributed by atoms with Gasteiger partial charge in [0.15, 0.2) is 0 Å². The summed E-state index contributed by atoms with van der Waals surface area (Å²) in [7, 11) is 1.68. The van der Waals surface area contributed by atoms with Crippen molar-refractivity contribution in [2.45, 2.75) is 31.9 Å². The van der Waals surface area contributed by atoms with E-state index in [0.29, 0.717) is 35.1 Å². The Morgan fingerprint density at radius 1 is 1.58 bits per heavy atom. The van der Waals surface area contributed by atoms with Gasteiger partial charge in [-0.3, -0.25) is 4.79 Å². The molecular weight excluding hydrogens is 330 g/mol. The van der Waals surface area contributed by atoms with Crippen LogP contribution in [0.5, 0.6) is 5.75 Å². The molecular formula is C17H24ClN3O3. The Labute approximate surface area is 147 Å². The summed E-state index contributed by atoms with van der Waals surface area (Å²) in [5, 5.41) is 3.48. The van der Waals surface area contributed by atoms with E-state index in [2.05, 4.69) is 17.1 Å². The van der Waals surface area contributed by atoms with Crippen molar-refractivity contribution in [1.82, 2.24) is 10.2 Å². The minimum absolute atomic E-state index is 0.0270. The van der Waals surface area contributed by atoms with E-state index in [1.165, 1.54) is 0 Å². The van der Waals surface area contributed by atoms with Gasteiger partial charge in [0.05, 0.1) is 35.0 Å². The fourth-order valence-corrected chi connectivity index (χ4v) is 3.68. The largest absolute Gasteiger partial charge is 0.492 e. The number of benzene rings is 1. The molecule has 0 aliphatic carbocycles. The number of methoxy groups -OCH3 is 1. The van der Waals surface area contributed by atoms with Crippen molar-refractivity contribution in [1.29, 1.82) is 0 Å². The Kier molecular flexibility index (Phi) is 5.18. The number of fused-ring (bicyclic) bond motifs is 1. The quantitative estimate of drug-likeness (QED) is 0.806. The van der Waals surface area contributed by atoms with Gasteiger partial charge in [0.2, 0.25) is 0 Å². The molecule has 0 bridgehead atoms. The fourth-order valence-electron chi connectivity index (χ4n) is 3.45. The molecule has 7 heteroatoms. The number of piperidine rings is 1. The number of nitrogens with zero attached hydrogens (tertiary/aromatic N) is 1. The van der Waals surface area contributed by atoms with Crippen LogP contribution in [0.4, 0.5) is 5.69 Å². The van der Waals surface area contributed by atoms with Gasteiger partial charge in [-0.25, -0.2) is 0 Å². The Morgan fingerprint density at radius 2 is 2.38 bits per heavy atom. The number of nitrogens with one attached hydrogen (secondary N) is 1. The van der Waals surface area contributed by atoms with Gasteiger partial charge in [0, 0.05) is 32.2 Å². The molecule has 0 spiro atoms. The number of ether oxygens (including phenoxy) is 2. The Bertz CT molecular complexity index is 638. The Balaban J connectivity index is 1.78. The molecule has 0 aromatic heterocycles. The maximum atomic E-state index is 12.8. The van der Waals surface area contributed by atoms with Crippen LogP contribution < -0.4 is 15.8 Å². The molecule has 3 rings (SSSR count). The van der Waals surface area contributed by atoms with E-state index in [0.717, 1.165) is 31.6 Å². The van der Waals surface area contributed by atoms with Crippen LogP contribution in [-0.4, -0.2) is 56.3 Å². The van der Waals surface area contributed by atoms with Gasteiger partial charge in [-0.1, -0.05) is 18.5 Å². The monoisotopic (exact) mass is 353 g/mol. The third-order valence-electron chi connectivity index (χ3n) is 4.92. The average molecular weight is 354 g/mol. The van der Waals surface area contributed by atoms with E-state index in [1.807, 2.05) is 0 Å². The van der Waals surface area contributed by atoms with Gasteiger partial charge in [0.1, 0.15) is 5.75 Å². The van der Waals surface area contributed by atoms with E-state index < -0.39 is 0 Å². The highest BCUT2D eigenvalue weighted by Gasteiger charge is 2.32. The second-order valence-electron chi connectivity index (χ2n) is 6.26. The van der Waals surface area contributed by atoms with Crippen molar-refractivity contribution in [3.63, 3.8) is 0 Å². The van der Waals surface area contributed by atoms with Gasteiger partial charge in [-0.15, -0.1) is 0 Å². The molecule has 0 saturated carbocycles. The molecule has 132 valence electrons. The molecule has 6 nitrogen and oxygen atoms in total. The van der Waals surface area contributed by atoms with Crippen LogP contribution in [0.3, 0.4) is 0 Å². The van der Waals surface area contributed by atoms with Gasteiger partial charge in [-0.2, -0.15) is 0 Å². The number of amides is 1. The summed E-state index contributed by atoms with van der Waals surface area (Å²) < 4.78 is 11.2. The summed E-state index contributed by atoms with van der Waals surface area (Å²) in [6.07, 6.45) is 1.50. The zero-order valence-electron chi connectivity index (χ0n) is 14.1. The maximum absolute atomic E-state index is 12.8. The van der Waals surface area contributed by atoms with Crippen LogP contribution in [0.25, 0.3) is 0 Å². The zero-order chi connectivity index (χ0) is 17.3.